The Morgan fingerprint density at radius 3 is 2.93 bits per heavy atom. The van der Waals surface area contributed by atoms with Gasteiger partial charge in [0.1, 0.15) is 5.75 Å². The van der Waals surface area contributed by atoms with Crippen LogP contribution in [0.3, 0.4) is 0 Å². The van der Waals surface area contributed by atoms with Gasteiger partial charge in [-0.15, -0.1) is 0 Å². The van der Waals surface area contributed by atoms with Crippen molar-refractivity contribution in [2.45, 2.75) is 58.1 Å². The van der Waals surface area contributed by atoms with Crippen LogP contribution in [-0.4, -0.2) is 33.9 Å². The molecule has 0 spiro atoms. The van der Waals surface area contributed by atoms with E-state index < -0.39 is 0 Å². The van der Waals surface area contributed by atoms with E-state index in [4.69, 9.17) is 4.74 Å². The fraction of sp³-hybridized carbons (Fsp3) is 0.524. The number of aliphatic hydroxyl groups is 1. The van der Waals surface area contributed by atoms with Crippen molar-refractivity contribution in [2.75, 3.05) is 6.61 Å². The summed E-state index contributed by atoms with van der Waals surface area (Å²) >= 11 is 0. The Bertz CT molecular complexity index is 839. The van der Waals surface area contributed by atoms with Gasteiger partial charge >= 0.3 is 0 Å². The summed E-state index contributed by atoms with van der Waals surface area (Å²) < 4.78 is 5.60. The Balaban J connectivity index is 1.44. The van der Waals surface area contributed by atoms with Crippen molar-refractivity contribution < 1.29 is 14.6 Å². The molecule has 1 aliphatic heterocycles. The van der Waals surface area contributed by atoms with Crippen molar-refractivity contribution in [1.82, 2.24) is 15.5 Å². The van der Waals surface area contributed by atoms with Gasteiger partial charge in [0.15, 0.2) is 0 Å². The van der Waals surface area contributed by atoms with Crippen molar-refractivity contribution in [3.8, 4) is 5.75 Å². The lowest BCUT2D eigenvalue weighted by Crippen LogP contribution is -2.41. The van der Waals surface area contributed by atoms with E-state index in [1.54, 1.807) is 0 Å². The average Bonchev–Trinajstić information content (AvgIpc) is 3.22. The van der Waals surface area contributed by atoms with E-state index in [9.17, 15) is 9.90 Å². The zero-order valence-electron chi connectivity index (χ0n) is 15.9. The lowest BCUT2D eigenvalue weighted by Gasteiger charge is -2.38. The summed E-state index contributed by atoms with van der Waals surface area (Å²) in [6, 6.07) is 6.14. The number of aryl methyl sites for hydroxylation is 2. The van der Waals surface area contributed by atoms with Crippen LogP contribution in [0, 0.1) is 19.8 Å². The van der Waals surface area contributed by atoms with Crippen LogP contribution in [0.25, 0.3) is 0 Å². The predicted molar refractivity (Wildman–Crippen MR) is 102 cm³/mol. The molecule has 2 aliphatic rings. The number of benzene rings is 1. The van der Waals surface area contributed by atoms with Crippen LogP contribution >= 0.6 is 0 Å². The van der Waals surface area contributed by atoms with Crippen LogP contribution in [0.15, 0.2) is 18.2 Å². The molecule has 1 saturated carbocycles. The first-order valence-electron chi connectivity index (χ1n) is 9.74. The number of aliphatic hydroxyl groups excluding tert-OH is 1. The van der Waals surface area contributed by atoms with Crippen molar-refractivity contribution in [1.29, 1.82) is 0 Å². The second-order valence-corrected chi connectivity index (χ2v) is 7.82. The predicted octanol–water partition coefficient (Wildman–Crippen LogP) is 2.52. The van der Waals surface area contributed by atoms with E-state index >= 15 is 0 Å². The van der Waals surface area contributed by atoms with Crippen molar-refractivity contribution in [3.05, 3.63) is 46.3 Å². The van der Waals surface area contributed by atoms with Gasteiger partial charge in [-0.05, 0) is 61.4 Å². The highest BCUT2D eigenvalue weighted by atomic mass is 16.5. The average molecular weight is 369 g/mol. The highest BCUT2D eigenvalue weighted by Gasteiger charge is 2.36. The van der Waals surface area contributed by atoms with E-state index in [-0.39, 0.29) is 24.0 Å². The summed E-state index contributed by atoms with van der Waals surface area (Å²) in [7, 11) is 0. The zero-order chi connectivity index (χ0) is 19.0. The van der Waals surface area contributed by atoms with Gasteiger partial charge in [0.25, 0.3) is 0 Å². The minimum Gasteiger partial charge on any atom is -0.493 e. The van der Waals surface area contributed by atoms with E-state index in [2.05, 4.69) is 21.6 Å². The van der Waals surface area contributed by atoms with Crippen LogP contribution in [0.1, 0.15) is 53.4 Å². The molecule has 1 atom stereocenters. The highest BCUT2D eigenvalue weighted by Crippen LogP contribution is 2.39. The van der Waals surface area contributed by atoms with Gasteiger partial charge in [0.05, 0.1) is 24.4 Å². The van der Waals surface area contributed by atoms with E-state index in [0.717, 1.165) is 54.1 Å². The third-order valence-electron chi connectivity index (χ3n) is 5.95. The van der Waals surface area contributed by atoms with Gasteiger partial charge < -0.3 is 15.2 Å². The molecule has 27 heavy (non-hydrogen) atoms. The van der Waals surface area contributed by atoms with Gasteiger partial charge in [0.2, 0.25) is 5.91 Å². The Hall–Kier alpha value is -2.34. The molecular formula is C21H27N3O3. The molecule has 6 nitrogen and oxygen atoms in total. The molecule has 1 aromatic carbocycles. The minimum atomic E-state index is -0.248. The number of hydrogen-bond donors (Lipinski definition) is 3. The van der Waals surface area contributed by atoms with Gasteiger partial charge in [-0.3, -0.25) is 9.89 Å². The van der Waals surface area contributed by atoms with Gasteiger partial charge in [0, 0.05) is 25.0 Å². The summed E-state index contributed by atoms with van der Waals surface area (Å²) in [4.78, 5) is 12.6. The largest absolute Gasteiger partial charge is 0.493 e. The maximum atomic E-state index is 12.6. The fourth-order valence-electron chi connectivity index (χ4n) is 4.03. The molecule has 144 valence electrons. The molecular weight excluding hydrogens is 342 g/mol. The zero-order valence-corrected chi connectivity index (χ0v) is 15.9. The van der Waals surface area contributed by atoms with Crippen LogP contribution < -0.4 is 10.1 Å². The second kappa shape index (κ2) is 7.35. The lowest BCUT2D eigenvalue weighted by molar-refractivity contribution is -0.123. The Kier molecular flexibility index (Phi) is 4.91. The number of carbonyl (C=O) groups is 1. The second-order valence-electron chi connectivity index (χ2n) is 7.82. The Morgan fingerprint density at radius 1 is 1.41 bits per heavy atom. The molecule has 1 amide bonds. The quantitative estimate of drug-likeness (QED) is 0.730. The maximum absolute atomic E-state index is 12.6. The fourth-order valence-corrected chi connectivity index (χ4v) is 4.03. The molecule has 2 aromatic rings. The van der Waals surface area contributed by atoms with E-state index in [1.165, 1.54) is 5.56 Å². The number of hydrogen-bond acceptors (Lipinski definition) is 4. The Morgan fingerprint density at radius 2 is 2.22 bits per heavy atom. The van der Waals surface area contributed by atoms with E-state index in [1.807, 2.05) is 26.0 Å². The first kappa shape index (κ1) is 18.0. The number of H-pyrrole nitrogens is 1. The molecule has 0 bridgehead atoms. The first-order valence-corrected chi connectivity index (χ1v) is 9.74. The first-order chi connectivity index (χ1) is 13.0. The monoisotopic (exact) mass is 369 g/mol. The standard InChI is InChI=1S/C21H27N3O3/c1-12-13(2)23-24-18(12)4-6-20(26)22-21(16-10-17(25)11-16)15-3-5-19-14(9-15)7-8-27-19/h3,5,9,16-17,21,25H,4,6-8,10-11H2,1-2H3,(H,22,26)(H,23,24). The normalized spacial score (nSPS) is 21.9. The lowest BCUT2D eigenvalue weighted by atomic mass is 9.74. The summed E-state index contributed by atoms with van der Waals surface area (Å²) in [5.41, 5.74) is 5.44. The third-order valence-corrected chi connectivity index (χ3v) is 5.95. The van der Waals surface area contributed by atoms with Gasteiger partial charge in [-0.25, -0.2) is 0 Å². The summed E-state index contributed by atoms with van der Waals surface area (Å²) in [6.45, 7) is 4.74. The number of fused-ring (bicyclic) bond motifs is 1. The van der Waals surface area contributed by atoms with Crippen LogP contribution in [-0.2, 0) is 17.6 Å². The van der Waals surface area contributed by atoms with Crippen molar-refractivity contribution in [3.63, 3.8) is 0 Å². The number of carbonyl (C=O) groups excluding carboxylic acids is 1. The number of nitrogens with one attached hydrogen (secondary N) is 2. The molecule has 1 unspecified atom stereocenters. The van der Waals surface area contributed by atoms with E-state index in [0.29, 0.717) is 12.8 Å². The van der Waals surface area contributed by atoms with Crippen LogP contribution in [0.2, 0.25) is 0 Å². The Labute approximate surface area is 159 Å². The number of aromatic nitrogens is 2. The van der Waals surface area contributed by atoms with Crippen molar-refractivity contribution >= 4 is 5.91 Å². The summed E-state index contributed by atoms with van der Waals surface area (Å²) in [5, 5.41) is 20.2. The molecule has 4 rings (SSSR count). The number of aromatic amines is 1. The van der Waals surface area contributed by atoms with Crippen LogP contribution in [0.4, 0.5) is 0 Å². The van der Waals surface area contributed by atoms with Crippen molar-refractivity contribution in [2.24, 2.45) is 5.92 Å². The van der Waals surface area contributed by atoms with Gasteiger partial charge in [-0.1, -0.05) is 6.07 Å². The minimum absolute atomic E-state index is 0.0261. The number of rotatable bonds is 6. The molecule has 1 fully saturated rings. The summed E-state index contributed by atoms with van der Waals surface area (Å²) in [5.74, 6) is 1.25. The number of nitrogens with zero attached hydrogens (tertiary/aromatic N) is 1. The third kappa shape index (κ3) is 3.72. The number of amides is 1. The SMILES string of the molecule is Cc1[nH]nc(CCC(=O)NC(c2ccc3c(c2)CCO3)C2CC(O)C2)c1C. The molecule has 3 N–H and O–H groups in total. The van der Waals surface area contributed by atoms with Crippen LogP contribution in [0.5, 0.6) is 5.75 Å². The summed E-state index contributed by atoms with van der Waals surface area (Å²) in [6.07, 6.45) is 3.16. The van der Waals surface area contributed by atoms with Gasteiger partial charge in [-0.2, -0.15) is 5.10 Å². The topological polar surface area (TPSA) is 87.2 Å². The maximum Gasteiger partial charge on any atom is 0.220 e. The smallest absolute Gasteiger partial charge is 0.220 e. The molecule has 6 heteroatoms. The molecule has 2 heterocycles. The molecule has 0 radical (unpaired) electrons. The highest BCUT2D eigenvalue weighted by molar-refractivity contribution is 5.76. The molecule has 1 aliphatic carbocycles. The molecule has 1 aromatic heterocycles. The number of ether oxygens (including phenoxy) is 1. The molecule has 0 saturated heterocycles.